The first kappa shape index (κ1) is 18.8. The molecular formula is C17H13F3N4O2S. The average Bonchev–Trinajstić information content (AvgIpc) is 3.12. The van der Waals surface area contributed by atoms with E-state index in [0.717, 1.165) is 0 Å². The standard InChI is InChI=1S/C17H13F3N4O2S/c1-10(11-3-5-12(6-4-11)26-17(18,19)20)23-15(25)13-9-27-16(24-13)14-21-7-2-8-22-14/h2-10H,1H3,(H,23,25)/t10-/m1/s1. The summed E-state index contributed by atoms with van der Waals surface area (Å²) in [6, 6.07) is 6.54. The topological polar surface area (TPSA) is 77.0 Å². The molecule has 3 aromatic rings. The Balaban J connectivity index is 1.65. The average molecular weight is 394 g/mol. The van der Waals surface area contributed by atoms with E-state index < -0.39 is 18.3 Å². The lowest BCUT2D eigenvalue weighted by Gasteiger charge is -2.14. The third-order valence-corrected chi connectivity index (χ3v) is 4.29. The lowest BCUT2D eigenvalue weighted by molar-refractivity contribution is -0.274. The van der Waals surface area contributed by atoms with Gasteiger partial charge in [0, 0.05) is 17.8 Å². The normalized spacial score (nSPS) is 12.4. The Bertz CT molecular complexity index is 914. The second-order valence-electron chi connectivity index (χ2n) is 5.42. The van der Waals surface area contributed by atoms with E-state index in [9.17, 15) is 18.0 Å². The van der Waals surface area contributed by atoms with Crippen molar-refractivity contribution in [3.63, 3.8) is 0 Å². The van der Waals surface area contributed by atoms with E-state index in [1.165, 1.54) is 35.6 Å². The van der Waals surface area contributed by atoms with Gasteiger partial charge in [-0.1, -0.05) is 12.1 Å². The fourth-order valence-electron chi connectivity index (χ4n) is 2.20. The van der Waals surface area contributed by atoms with Gasteiger partial charge in [-0.2, -0.15) is 0 Å². The minimum Gasteiger partial charge on any atom is -0.406 e. The van der Waals surface area contributed by atoms with Gasteiger partial charge in [0.2, 0.25) is 0 Å². The number of carbonyl (C=O) groups is 1. The second-order valence-corrected chi connectivity index (χ2v) is 6.28. The highest BCUT2D eigenvalue weighted by Gasteiger charge is 2.31. The van der Waals surface area contributed by atoms with Crippen molar-refractivity contribution in [1.29, 1.82) is 0 Å². The molecule has 0 fully saturated rings. The van der Waals surface area contributed by atoms with E-state index in [2.05, 4.69) is 25.0 Å². The van der Waals surface area contributed by atoms with E-state index in [1.54, 1.807) is 30.8 Å². The minimum atomic E-state index is -4.74. The maximum atomic E-state index is 12.3. The van der Waals surface area contributed by atoms with Gasteiger partial charge in [-0.15, -0.1) is 24.5 Å². The third-order valence-electron chi connectivity index (χ3n) is 3.46. The molecule has 0 saturated heterocycles. The van der Waals surface area contributed by atoms with Crippen LogP contribution in [-0.4, -0.2) is 27.2 Å². The number of nitrogens with zero attached hydrogens (tertiary/aromatic N) is 3. The molecule has 6 nitrogen and oxygen atoms in total. The second kappa shape index (κ2) is 7.70. The van der Waals surface area contributed by atoms with Crippen LogP contribution in [0, 0.1) is 0 Å². The van der Waals surface area contributed by atoms with Gasteiger partial charge in [0.1, 0.15) is 11.4 Å². The largest absolute Gasteiger partial charge is 0.573 e. The highest BCUT2D eigenvalue weighted by molar-refractivity contribution is 7.13. The van der Waals surface area contributed by atoms with Crippen molar-refractivity contribution >= 4 is 17.2 Å². The highest BCUT2D eigenvalue weighted by Crippen LogP contribution is 2.25. The monoisotopic (exact) mass is 394 g/mol. The van der Waals surface area contributed by atoms with Crippen LogP contribution in [0.3, 0.4) is 0 Å². The summed E-state index contributed by atoms with van der Waals surface area (Å²) in [5.41, 5.74) is 0.839. The fourth-order valence-corrected chi connectivity index (χ4v) is 2.95. The van der Waals surface area contributed by atoms with Crippen LogP contribution in [0.5, 0.6) is 5.75 Å². The first-order chi connectivity index (χ1) is 12.8. The van der Waals surface area contributed by atoms with Crippen molar-refractivity contribution in [1.82, 2.24) is 20.3 Å². The molecule has 0 saturated carbocycles. The van der Waals surface area contributed by atoms with Crippen LogP contribution in [0.2, 0.25) is 0 Å². The number of ether oxygens (including phenoxy) is 1. The Morgan fingerprint density at radius 2 is 1.85 bits per heavy atom. The molecule has 1 atom stereocenters. The van der Waals surface area contributed by atoms with Gasteiger partial charge < -0.3 is 10.1 Å². The van der Waals surface area contributed by atoms with Crippen molar-refractivity contribution in [2.24, 2.45) is 0 Å². The van der Waals surface area contributed by atoms with Gasteiger partial charge in [0.15, 0.2) is 10.8 Å². The lowest BCUT2D eigenvalue weighted by Crippen LogP contribution is -2.27. The van der Waals surface area contributed by atoms with Crippen LogP contribution in [0.15, 0.2) is 48.1 Å². The molecule has 0 bridgehead atoms. The van der Waals surface area contributed by atoms with E-state index in [0.29, 0.717) is 16.4 Å². The molecule has 2 heterocycles. The lowest BCUT2D eigenvalue weighted by atomic mass is 10.1. The summed E-state index contributed by atoms with van der Waals surface area (Å²) >= 11 is 1.24. The zero-order valence-electron chi connectivity index (χ0n) is 13.9. The van der Waals surface area contributed by atoms with Crippen LogP contribution in [0.4, 0.5) is 13.2 Å². The van der Waals surface area contributed by atoms with Crippen molar-refractivity contribution in [2.45, 2.75) is 19.3 Å². The predicted octanol–water partition coefficient (Wildman–Crippen LogP) is 3.99. The number of amides is 1. The summed E-state index contributed by atoms with van der Waals surface area (Å²) in [7, 11) is 0. The highest BCUT2D eigenvalue weighted by atomic mass is 32.1. The van der Waals surface area contributed by atoms with Gasteiger partial charge in [0.05, 0.1) is 6.04 Å². The van der Waals surface area contributed by atoms with Gasteiger partial charge in [0.25, 0.3) is 5.91 Å². The Labute approximate surface area is 156 Å². The van der Waals surface area contributed by atoms with E-state index in [4.69, 9.17) is 0 Å². The number of halogens is 3. The number of thiazole rings is 1. The zero-order valence-corrected chi connectivity index (χ0v) is 14.7. The summed E-state index contributed by atoms with van der Waals surface area (Å²) in [6.07, 6.45) is -1.58. The molecule has 3 rings (SSSR count). The molecule has 27 heavy (non-hydrogen) atoms. The first-order valence-electron chi connectivity index (χ1n) is 7.71. The summed E-state index contributed by atoms with van der Waals surface area (Å²) in [6.45, 7) is 1.71. The zero-order chi connectivity index (χ0) is 19.4. The van der Waals surface area contributed by atoms with Gasteiger partial charge in [-0.3, -0.25) is 4.79 Å². The van der Waals surface area contributed by atoms with Crippen molar-refractivity contribution in [3.05, 3.63) is 59.4 Å². The smallest absolute Gasteiger partial charge is 0.406 e. The molecule has 1 amide bonds. The number of rotatable bonds is 5. The fraction of sp³-hybridized carbons (Fsp3) is 0.176. The van der Waals surface area contributed by atoms with Crippen LogP contribution < -0.4 is 10.1 Å². The van der Waals surface area contributed by atoms with E-state index >= 15 is 0 Å². The quantitative estimate of drug-likeness (QED) is 0.708. The van der Waals surface area contributed by atoms with Crippen LogP contribution >= 0.6 is 11.3 Å². The van der Waals surface area contributed by atoms with Crippen molar-refractivity contribution < 1.29 is 22.7 Å². The summed E-state index contributed by atoms with van der Waals surface area (Å²) in [5, 5.41) is 4.85. The van der Waals surface area contributed by atoms with Gasteiger partial charge in [-0.05, 0) is 30.7 Å². The van der Waals surface area contributed by atoms with Crippen molar-refractivity contribution in [3.8, 4) is 16.6 Å². The van der Waals surface area contributed by atoms with E-state index in [-0.39, 0.29) is 11.4 Å². The molecule has 0 aliphatic heterocycles. The predicted molar refractivity (Wildman–Crippen MR) is 92.1 cm³/mol. The molecule has 140 valence electrons. The molecule has 1 N–H and O–H groups in total. The molecule has 0 aliphatic rings. The number of hydrogen-bond acceptors (Lipinski definition) is 6. The van der Waals surface area contributed by atoms with Crippen LogP contribution in [-0.2, 0) is 0 Å². The van der Waals surface area contributed by atoms with Crippen molar-refractivity contribution in [2.75, 3.05) is 0 Å². The maximum absolute atomic E-state index is 12.3. The Hall–Kier alpha value is -3.01. The number of alkyl halides is 3. The number of benzene rings is 1. The Morgan fingerprint density at radius 1 is 1.19 bits per heavy atom. The third kappa shape index (κ3) is 5.00. The number of hydrogen-bond donors (Lipinski definition) is 1. The van der Waals surface area contributed by atoms with Crippen LogP contribution in [0.1, 0.15) is 29.0 Å². The maximum Gasteiger partial charge on any atom is 0.573 e. The molecule has 0 radical (unpaired) electrons. The molecule has 1 aromatic carbocycles. The van der Waals surface area contributed by atoms with Crippen LogP contribution in [0.25, 0.3) is 10.8 Å². The Kier molecular flexibility index (Phi) is 5.36. The minimum absolute atomic E-state index is 0.214. The Morgan fingerprint density at radius 3 is 2.48 bits per heavy atom. The summed E-state index contributed by atoms with van der Waals surface area (Å²) in [5.74, 6) is -0.303. The number of aromatic nitrogens is 3. The molecule has 2 aromatic heterocycles. The molecule has 0 spiro atoms. The molecule has 0 unspecified atom stereocenters. The molecular weight excluding hydrogens is 381 g/mol. The molecule has 10 heteroatoms. The molecule has 0 aliphatic carbocycles. The van der Waals surface area contributed by atoms with Gasteiger partial charge in [-0.25, -0.2) is 15.0 Å². The SMILES string of the molecule is C[C@@H](NC(=O)c1csc(-c2ncccn2)n1)c1ccc(OC(F)(F)F)cc1. The number of carbonyl (C=O) groups excluding carboxylic acids is 1. The van der Waals surface area contributed by atoms with E-state index in [1.807, 2.05) is 0 Å². The first-order valence-corrected chi connectivity index (χ1v) is 8.59. The summed E-state index contributed by atoms with van der Waals surface area (Å²) < 4.78 is 40.4. The number of nitrogens with one attached hydrogen (secondary N) is 1. The summed E-state index contributed by atoms with van der Waals surface area (Å²) in [4.78, 5) is 24.7. The van der Waals surface area contributed by atoms with Gasteiger partial charge >= 0.3 is 6.36 Å².